The summed E-state index contributed by atoms with van der Waals surface area (Å²) in [5, 5.41) is 0. The van der Waals surface area contributed by atoms with Crippen LogP contribution in [0.1, 0.15) is 17.2 Å². The molecule has 4 rings (SSSR count). The smallest absolute Gasteiger partial charge is 0.333 e. The van der Waals surface area contributed by atoms with Crippen molar-refractivity contribution in [2.45, 2.75) is 11.6 Å². The Hall–Kier alpha value is -2.17. The van der Waals surface area contributed by atoms with Crippen LogP contribution in [0.3, 0.4) is 0 Å². The van der Waals surface area contributed by atoms with Gasteiger partial charge in [0.2, 0.25) is 0 Å². The maximum absolute atomic E-state index is 12.4. The molecule has 0 spiro atoms. The van der Waals surface area contributed by atoms with Crippen molar-refractivity contribution in [1.82, 2.24) is 5.48 Å². The topological polar surface area (TPSA) is 47.6 Å². The molecule has 0 saturated carbocycles. The highest BCUT2D eigenvalue weighted by molar-refractivity contribution is 5.85. The van der Waals surface area contributed by atoms with E-state index in [1.165, 1.54) is 0 Å². The lowest BCUT2D eigenvalue weighted by Gasteiger charge is -2.23. The first-order valence-electron chi connectivity index (χ1n) is 7.03. The van der Waals surface area contributed by atoms with Crippen molar-refractivity contribution in [3.63, 3.8) is 0 Å². The number of ether oxygens (including phenoxy) is 1. The number of rotatable bonds is 2. The minimum Gasteiger partial charge on any atom is -0.463 e. The molecular formula is C17H15NO3. The average Bonchev–Trinajstić information content (AvgIpc) is 3.08. The number of cyclic esters (lactones) is 1. The van der Waals surface area contributed by atoms with E-state index in [-0.39, 0.29) is 18.0 Å². The minimum absolute atomic E-state index is 0.0743. The lowest BCUT2D eigenvalue weighted by Crippen LogP contribution is -2.45. The lowest BCUT2D eigenvalue weighted by atomic mass is 9.77. The molecule has 0 amide bonds. The van der Waals surface area contributed by atoms with Gasteiger partial charge in [-0.3, -0.25) is 4.84 Å². The van der Waals surface area contributed by atoms with Crippen LogP contribution in [0.4, 0.5) is 0 Å². The summed E-state index contributed by atoms with van der Waals surface area (Å²) in [6.45, 7) is 0.361. The summed E-state index contributed by atoms with van der Waals surface area (Å²) in [6.07, 6.45) is -0.196. The molecular weight excluding hydrogens is 266 g/mol. The number of hydroxylamine groups is 1. The second kappa shape index (κ2) is 4.69. The molecule has 2 aromatic rings. The zero-order valence-electron chi connectivity index (χ0n) is 11.4. The van der Waals surface area contributed by atoms with Gasteiger partial charge in [-0.15, -0.1) is 0 Å². The molecule has 106 valence electrons. The summed E-state index contributed by atoms with van der Waals surface area (Å²) in [4.78, 5) is 18.2. The van der Waals surface area contributed by atoms with Crippen LogP contribution in [-0.2, 0) is 19.9 Å². The second-order valence-corrected chi connectivity index (χ2v) is 5.43. The molecule has 1 N–H and O–H groups in total. The van der Waals surface area contributed by atoms with Crippen LogP contribution < -0.4 is 5.48 Å². The summed E-state index contributed by atoms with van der Waals surface area (Å²) in [6, 6.07) is 19.6. The normalized spacial score (nSPS) is 31.0. The van der Waals surface area contributed by atoms with Gasteiger partial charge in [-0.1, -0.05) is 60.7 Å². The van der Waals surface area contributed by atoms with Gasteiger partial charge in [-0.25, -0.2) is 4.79 Å². The summed E-state index contributed by atoms with van der Waals surface area (Å²) in [7, 11) is 0. The van der Waals surface area contributed by atoms with Gasteiger partial charge in [0.15, 0.2) is 5.54 Å². The zero-order chi connectivity index (χ0) is 14.3. The number of hydrogen-bond acceptors (Lipinski definition) is 4. The van der Waals surface area contributed by atoms with E-state index >= 15 is 0 Å². The molecule has 2 aromatic carbocycles. The monoisotopic (exact) mass is 281 g/mol. The first-order valence-corrected chi connectivity index (χ1v) is 7.03. The highest BCUT2D eigenvalue weighted by Gasteiger charge is 2.62. The van der Waals surface area contributed by atoms with Crippen molar-refractivity contribution >= 4 is 5.97 Å². The predicted octanol–water partition coefficient (Wildman–Crippen LogP) is 2.33. The molecule has 0 bridgehead atoms. The van der Waals surface area contributed by atoms with Crippen LogP contribution in [0.15, 0.2) is 60.7 Å². The Morgan fingerprint density at radius 3 is 2.38 bits per heavy atom. The third kappa shape index (κ3) is 1.73. The van der Waals surface area contributed by atoms with E-state index in [4.69, 9.17) is 9.57 Å². The Labute approximate surface area is 122 Å². The van der Waals surface area contributed by atoms with E-state index < -0.39 is 5.54 Å². The largest absolute Gasteiger partial charge is 0.463 e. The molecule has 0 aromatic heterocycles. The van der Waals surface area contributed by atoms with Gasteiger partial charge in [0.25, 0.3) is 0 Å². The van der Waals surface area contributed by atoms with E-state index in [9.17, 15) is 4.79 Å². The van der Waals surface area contributed by atoms with Gasteiger partial charge in [0.05, 0.1) is 12.5 Å². The van der Waals surface area contributed by atoms with E-state index in [0.717, 1.165) is 11.1 Å². The Balaban J connectivity index is 1.79. The first-order chi connectivity index (χ1) is 10.3. The number of esters is 1. The fourth-order valence-electron chi connectivity index (χ4n) is 3.26. The van der Waals surface area contributed by atoms with Crippen molar-refractivity contribution in [2.24, 2.45) is 5.92 Å². The standard InChI is InChI=1S/C17H15NO3/c19-16-17(13-9-5-2-6-10-13)14(11-20-16)15(21-18-17)12-7-3-1-4-8-12/h1-10,14-15,18H,11H2/t14-,15?,17+/m0/s1. The van der Waals surface area contributed by atoms with E-state index in [1.54, 1.807) is 0 Å². The SMILES string of the molecule is O=C1OC[C@H]2C(c3ccccc3)ON[C@@]12c1ccccc1. The third-order valence-corrected chi connectivity index (χ3v) is 4.34. The maximum Gasteiger partial charge on any atom is 0.333 e. The third-order valence-electron chi connectivity index (χ3n) is 4.34. The average molecular weight is 281 g/mol. The van der Waals surface area contributed by atoms with Crippen molar-refractivity contribution < 1.29 is 14.4 Å². The maximum atomic E-state index is 12.4. The summed E-state index contributed by atoms with van der Waals surface area (Å²) >= 11 is 0. The number of hydrogen-bond donors (Lipinski definition) is 1. The second-order valence-electron chi connectivity index (χ2n) is 5.43. The molecule has 4 nitrogen and oxygen atoms in total. The molecule has 2 aliphatic rings. The molecule has 2 aliphatic heterocycles. The van der Waals surface area contributed by atoms with Crippen LogP contribution in [0.5, 0.6) is 0 Å². The Bertz CT molecular complexity index is 658. The van der Waals surface area contributed by atoms with Crippen LogP contribution in [0.2, 0.25) is 0 Å². The molecule has 2 fully saturated rings. The van der Waals surface area contributed by atoms with Crippen molar-refractivity contribution in [3.05, 3.63) is 71.8 Å². The van der Waals surface area contributed by atoms with Gasteiger partial charge >= 0.3 is 5.97 Å². The number of carbonyl (C=O) groups is 1. The molecule has 3 atom stereocenters. The highest BCUT2D eigenvalue weighted by Crippen LogP contribution is 2.49. The number of fused-ring (bicyclic) bond motifs is 1. The molecule has 1 unspecified atom stereocenters. The molecule has 2 saturated heterocycles. The fraction of sp³-hybridized carbons (Fsp3) is 0.235. The Morgan fingerprint density at radius 2 is 1.67 bits per heavy atom. The highest BCUT2D eigenvalue weighted by atomic mass is 16.7. The van der Waals surface area contributed by atoms with E-state index in [1.807, 2.05) is 60.7 Å². The van der Waals surface area contributed by atoms with Crippen LogP contribution in [0.25, 0.3) is 0 Å². The lowest BCUT2D eigenvalue weighted by molar-refractivity contribution is -0.148. The van der Waals surface area contributed by atoms with Crippen molar-refractivity contribution in [2.75, 3.05) is 6.61 Å². The zero-order valence-corrected chi connectivity index (χ0v) is 11.4. The number of nitrogens with one attached hydrogen (secondary N) is 1. The van der Waals surface area contributed by atoms with E-state index in [2.05, 4.69) is 5.48 Å². The minimum atomic E-state index is -0.901. The summed E-state index contributed by atoms with van der Waals surface area (Å²) < 4.78 is 5.35. The Kier molecular flexibility index (Phi) is 2.80. The van der Waals surface area contributed by atoms with Crippen molar-refractivity contribution in [3.8, 4) is 0 Å². The number of benzene rings is 2. The molecule has 2 heterocycles. The molecule has 4 heteroatoms. The van der Waals surface area contributed by atoms with Crippen LogP contribution in [-0.4, -0.2) is 12.6 Å². The van der Waals surface area contributed by atoms with Gasteiger partial charge < -0.3 is 4.74 Å². The van der Waals surface area contributed by atoms with Gasteiger partial charge in [-0.05, 0) is 11.1 Å². The summed E-state index contributed by atoms with van der Waals surface area (Å²) in [5.74, 6) is -0.341. The van der Waals surface area contributed by atoms with Crippen molar-refractivity contribution in [1.29, 1.82) is 0 Å². The predicted molar refractivity (Wildman–Crippen MR) is 76.0 cm³/mol. The fourth-order valence-corrected chi connectivity index (χ4v) is 3.26. The number of carbonyl (C=O) groups excluding carboxylic acids is 1. The first kappa shape index (κ1) is 12.6. The van der Waals surface area contributed by atoms with Crippen LogP contribution in [0, 0.1) is 5.92 Å². The molecule has 0 radical (unpaired) electrons. The molecule has 21 heavy (non-hydrogen) atoms. The summed E-state index contributed by atoms with van der Waals surface area (Å²) in [5.41, 5.74) is 4.00. The van der Waals surface area contributed by atoms with Crippen LogP contribution >= 0.6 is 0 Å². The van der Waals surface area contributed by atoms with Gasteiger partial charge in [0, 0.05) is 0 Å². The Morgan fingerprint density at radius 1 is 1.00 bits per heavy atom. The van der Waals surface area contributed by atoms with Gasteiger partial charge in [0.1, 0.15) is 6.10 Å². The molecule has 0 aliphatic carbocycles. The quantitative estimate of drug-likeness (QED) is 0.858. The van der Waals surface area contributed by atoms with Gasteiger partial charge in [-0.2, -0.15) is 5.48 Å². The van der Waals surface area contributed by atoms with E-state index in [0.29, 0.717) is 6.61 Å².